The van der Waals surface area contributed by atoms with Crippen molar-refractivity contribution in [2.24, 2.45) is 0 Å². The summed E-state index contributed by atoms with van der Waals surface area (Å²) >= 11 is 6.00. The van der Waals surface area contributed by atoms with Gasteiger partial charge in [0.25, 0.3) is 5.91 Å². The van der Waals surface area contributed by atoms with Gasteiger partial charge in [0.15, 0.2) is 6.10 Å². The molecule has 0 aliphatic heterocycles. The van der Waals surface area contributed by atoms with Crippen molar-refractivity contribution < 1.29 is 9.53 Å². The fourth-order valence-corrected chi connectivity index (χ4v) is 2.75. The van der Waals surface area contributed by atoms with E-state index in [4.69, 9.17) is 16.3 Å². The Bertz CT molecular complexity index is 907. The van der Waals surface area contributed by atoms with E-state index in [0.29, 0.717) is 17.3 Å². The molecule has 0 spiro atoms. The minimum Gasteiger partial charge on any atom is -0.481 e. The molecule has 0 radical (unpaired) electrons. The standard InChI is InChI=1S/C21H20ClNO2/c1-14-11-19(9-10-20(14)22)25-15(2)21(24)23-13-16-7-8-17-5-3-4-6-18(17)12-16/h3-12,15H,13H2,1-2H3,(H,23,24)/t15-/m0/s1. The number of nitrogens with one attached hydrogen (secondary N) is 1. The Morgan fingerprint density at radius 3 is 2.60 bits per heavy atom. The van der Waals surface area contributed by atoms with Gasteiger partial charge in [-0.25, -0.2) is 0 Å². The highest BCUT2D eigenvalue weighted by Crippen LogP contribution is 2.22. The maximum Gasteiger partial charge on any atom is 0.261 e. The zero-order chi connectivity index (χ0) is 17.8. The van der Waals surface area contributed by atoms with Crippen LogP contribution in [0.5, 0.6) is 5.75 Å². The number of carbonyl (C=O) groups is 1. The smallest absolute Gasteiger partial charge is 0.261 e. The summed E-state index contributed by atoms with van der Waals surface area (Å²) in [5.41, 5.74) is 1.98. The van der Waals surface area contributed by atoms with Crippen LogP contribution in [0.4, 0.5) is 0 Å². The SMILES string of the molecule is Cc1cc(O[C@@H](C)C(=O)NCc2ccc3ccccc3c2)ccc1Cl. The maximum absolute atomic E-state index is 12.3. The third kappa shape index (κ3) is 4.31. The molecule has 0 saturated carbocycles. The van der Waals surface area contributed by atoms with Crippen LogP contribution < -0.4 is 10.1 Å². The average molecular weight is 354 g/mol. The zero-order valence-electron chi connectivity index (χ0n) is 14.3. The maximum atomic E-state index is 12.3. The molecule has 0 aliphatic rings. The van der Waals surface area contributed by atoms with Crippen molar-refractivity contribution in [3.8, 4) is 5.75 Å². The molecule has 0 heterocycles. The monoisotopic (exact) mass is 353 g/mol. The van der Waals surface area contributed by atoms with Crippen molar-refractivity contribution >= 4 is 28.3 Å². The molecule has 0 bridgehead atoms. The van der Waals surface area contributed by atoms with Crippen molar-refractivity contribution in [1.82, 2.24) is 5.32 Å². The Morgan fingerprint density at radius 1 is 1.08 bits per heavy atom. The Morgan fingerprint density at radius 2 is 1.84 bits per heavy atom. The molecular formula is C21H20ClNO2. The minimum absolute atomic E-state index is 0.152. The number of carbonyl (C=O) groups excluding carboxylic acids is 1. The highest BCUT2D eigenvalue weighted by molar-refractivity contribution is 6.31. The van der Waals surface area contributed by atoms with E-state index in [9.17, 15) is 4.79 Å². The van der Waals surface area contributed by atoms with E-state index < -0.39 is 6.10 Å². The number of benzene rings is 3. The highest BCUT2D eigenvalue weighted by atomic mass is 35.5. The van der Waals surface area contributed by atoms with Crippen LogP contribution in [0.25, 0.3) is 10.8 Å². The van der Waals surface area contributed by atoms with Crippen LogP contribution in [-0.4, -0.2) is 12.0 Å². The summed E-state index contributed by atoms with van der Waals surface area (Å²) < 4.78 is 5.70. The first-order valence-corrected chi connectivity index (χ1v) is 8.59. The molecule has 1 amide bonds. The molecule has 25 heavy (non-hydrogen) atoms. The van der Waals surface area contributed by atoms with Crippen LogP contribution in [0.2, 0.25) is 5.02 Å². The molecule has 3 aromatic rings. The lowest BCUT2D eigenvalue weighted by Gasteiger charge is -2.15. The summed E-state index contributed by atoms with van der Waals surface area (Å²) in [5, 5.41) is 5.95. The lowest BCUT2D eigenvalue weighted by Crippen LogP contribution is -2.35. The molecule has 3 aromatic carbocycles. The van der Waals surface area contributed by atoms with E-state index in [0.717, 1.165) is 16.5 Å². The van der Waals surface area contributed by atoms with E-state index in [1.807, 2.05) is 31.2 Å². The molecule has 0 aromatic heterocycles. The van der Waals surface area contributed by atoms with Gasteiger partial charge in [-0.2, -0.15) is 0 Å². The van der Waals surface area contributed by atoms with E-state index in [1.54, 1.807) is 19.1 Å². The van der Waals surface area contributed by atoms with Crippen LogP contribution in [-0.2, 0) is 11.3 Å². The van der Waals surface area contributed by atoms with Crippen LogP contribution in [0.15, 0.2) is 60.7 Å². The number of aryl methyl sites for hydroxylation is 1. The van der Waals surface area contributed by atoms with Crippen molar-refractivity contribution in [2.45, 2.75) is 26.5 Å². The molecule has 0 aliphatic carbocycles. The minimum atomic E-state index is -0.582. The zero-order valence-corrected chi connectivity index (χ0v) is 15.0. The summed E-state index contributed by atoms with van der Waals surface area (Å²) in [6, 6.07) is 19.7. The lowest BCUT2D eigenvalue weighted by molar-refractivity contribution is -0.127. The summed E-state index contributed by atoms with van der Waals surface area (Å²) in [7, 11) is 0. The van der Waals surface area contributed by atoms with Gasteiger partial charge in [-0.15, -0.1) is 0 Å². The Hall–Kier alpha value is -2.52. The molecule has 1 atom stereocenters. The molecule has 128 valence electrons. The van der Waals surface area contributed by atoms with Gasteiger partial charge in [-0.3, -0.25) is 4.79 Å². The normalized spacial score (nSPS) is 12.0. The third-order valence-corrected chi connectivity index (χ3v) is 4.52. The Labute approximate surface area is 152 Å². The van der Waals surface area contributed by atoms with Gasteiger partial charge in [0.2, 0.25) is 0 Å². The topological polar surface area (TPSA) is 38.3 Å². The van der Waals surface area contributed by atoms with Gasteiger partial charge in [0.1, 0.15) is 5.75 Å². The molecule has 3 nitrogen and oxygen atoms in total. The van der Waals surface area contributed by atoms with Gasteiger partial charge in [-0.1, -0.05) is 48.0 Å². The number of halogens is 1. The highest BCUT2D eigenvalue weighted by Gasteiger charge is 2.14. The fourth-order valence-electron chi connectivity index (χ4n) is 2.63. The first-order chi connectivity index (χ1) is 12.0. The molecule has 3 rings (SSSR count). The molecular weight excluding hydrogens is 334 g/mol. The van der Waals surface area contributed by atoms with Crippen molar-refractivity contribution in [3.05, 3.63) is 76.8 Å². The molecule has 4 heteroatoms. The number of rotatable bonds is 5. The average Bonchev–Trinajstić information content (AvgIpc) is 2.62. The van der Waals surface area contributed by atoms with E-state index in [-0.39, 0.29) is 5.91 Å². The van der Waals surface area contributed by atoms with Crippen LogP contribution in [0.1, 0.15) is 18.1 Å². The number of hydrogen-bond acceptors (Lipinski definition) is 2. The quantitative estimate of drug-likeness (QED) is 0.709. The first-order valence-electron chi connectivity index (χ1n) is 8.21. The van der Waals surface area contributed by atoms with E-state index in [1.165, 1.54) is 5.39 Å². The van der Waals surface area contributed by atoms with E-state index in [2.05, 4.69) is 29.6 Å². The van der Waals surface area contributed by atoms with Gasteiger partial charge in [-0.05, 0) is 60.0 Å². The second kappa shape index (κ2) is 7.58. The lowest BCUT2D eigenvalue weighted by atomic mass is 10.1. The predicted octanol–water partition coefficient (Wildman–Crippen LogP) is 4.89. The molecule has 0 fully saturated rings. The van der Waals surface area contributed by atoms with Crippen molar-refractivity contribution in [2.75, 3.05) is 0 Å². The summed E-state index contributed by atoms with van der Waals surface area (Å²) in [5.74, 6) is 0.482. The Kier molecular flexibility index (Phi) is 5.25. The van der Waals surface area contributed by atoms with Gasteiger partial charge < -0.3 is 10.1 Å². The number of amides is 1. The van der Waals surface area contributed by atoms with Crippen molar-refractivity contribution in [1.29, 1.82) is 0 Å². The summed E-state index contributed by atoms with van der Waals surface area (Å²) in [4.78, 5) is 12.3. The first kappa shape index (κ1) is 17.3. The van der Waals surface area contributed by atoms with Crippen LogP contribution in [0, 0.1) is 6.92 Å². The Balaban J connectivity index is 1.59. The summed E-state index contributed by atoms with van der Waals surface area (Å²) in [6.07, 6.45) is -0.582. The van der Waals surface area contributed by atoms with E-state index >= 15 is 0 Å². The van der Waals surface area contributed by atoms with Crippen LogP contribution >= 0.6 is 11.6 Å². The molecule has 0 saturated heterocycles. The predicted molar refractivity (Wildman–Crippen MR) is 102 cm³/mol. The van der Waals surface area contributed by atoms with Gasteiger partial charge >= 0.3 is 0 Å². The summed E-state index contributed by atoms with van der Waals surface area (Å²) in [6.45, 7) is 4.11. The van der Waals surface area contributed by atoms with Gasteiger partial charge in [0, 0.05) is 11.6 Å². The van der Waals surface area contributed by atoms with Crippen molar-refractivity contribution in [3.63, 3.8) is 0 Å². The largest absolute Gasteiger partial charge is 0.481 e. The van der Waals surface area contributed by atoms with Crippen LogP contribution in [0.3, 0.4) is 0 Å². The number of ether oxygens (including phenoxy) is 1. The third-order valence-electron chi connectivity index (χ3n) is 4.09. The second-order valence-corrected chi connectivity index (χ2v) is 6.48. The fraction of sp³-hybridized carbons (Fsp3) is 0.190. The number of fused-ring (bicyclic) bond motifs is 1. The van der Waals surface area contributed by atoms with Gasteiger partial charge in [0.05, 0.1) is 0 Å². The second-order valence-electron chi connectivity index (χ2n) is 6.07. The molecule has 0 unspecified atom stereocenters. The molecule has 1 N–H and O–H groups in total. The number of hydrogen-bond donors (Lipinski definition) is 1.